The van der Waals surface area contributed by atoms with Gasteiger partial charge in [0.2, 0.25) is 0 Å². The SMILES string of the molecule is O=C(Nc1ccc(N2CCC(O)CC2)nc1)OCc1ccccc1. The number of nitrogens with zero attached hydrogens (tertiary/aromatic N) is 2. The fourth-order valence-electron chi connectivity index (χ4n) is 2.62. The van der Waals surface area contributed by atoms with E-state index in [-0.39, 0.29) is 12.7 Å². The van der Waals surface area contributed by atoms with Gasteiger partial charge < -0.3 is 14.7 Å². The fourth-order valence-corrected chi connectivity index (χ4v) is 2.62. The highest BCUT2D eigenvalue weighted by Gasteiger charge is 2.18. The van der Waals surface area contributed by atoms with Gasteiger partial charge in [-0.25, -0.2) is 9.78 Å². The molecule has 0 atom stereocenters. The van der Waals surface area contributed by atoms with Gasteiger partial charge in [-0.05, 0) is 30.5 Å². The summed E-state index contributed by atoms with van der Waals surface area (Å²) in [6.07, 6.45) is 2.42. The van der Waals surface area contributed by atoms with Gasteiger partial charge in [-0.2, -0.15) is 0 Å². The van der Waals surface area contributed by atoms with Crippen LogP contribution >= 0.6 is 0 Å². The van der Waals surface area contributed by atoms with Gasteiger partial charge in [-0.3, -0.25) is 5.32 Å². The highest BCUT2D eigenvalue weighted by atomic mass is 16.5. The van der Waals surface area contributed by atoms with Crippen LogP contribution in [0.4, 0.5) is 16.3 Å². The Hall–Kier alpha value is -2.60. The van der Waals surface area contributed by atoms with Crippen molar-refractivity contribution in [3.05, 3.63) is 54.2 Å². The second kappa shape index (κ2) is 7.79. The van der Waals surface area contributed by atoms with Crippen molar-refractivity contribution in [2.24, 2.45) is 0 Å². The zero-order valence-electron chi connectivity index (χ0n) is 13.4. The molecule has 3 rings (SSSR count). The third-order valence-electron chi connectivity index (χ3n) is 4.00. The van der Waals surface area contributed by atoms with E-state index in [2.05, 4.69) is 15.2 Å². The Kier molecular flexibility index (Phi) is 5.28. The zero-order chi connectivity index (χ0) is 16.8. The summed E-state index contributed by atoms with van der Waals surface area (Å²) < 4.78 is 5.17. The van der Waals surface area contributed by atoms with Crippen LogP contribution in [-0.2, 0) is 11.3 Å². The average Bonchev–Trinajstić information content (AvgIpc) is 2.62. The summed E-state index contributed by atoms with van der Waals surface area (Å²) in [6.45, 7) is 1.81. The Morgan fingerprint density at radius 3 is 2.62 bits per heavy atom. The Labute approximate surface area is 141 Å². The molecule has 0 spiro atoms. The number of pyridine rings is 1. The molecule has 24 heavy (non-hydrogen) atoms. The minimum atomic E-state index is -0.505. The van der Waals surface area contributed by atoms with E-state index in [9.17, 15) is 9.90 Å². The maximum atomic E-state index is 11.8. The molecule has 1 aromatic carbocycles. The molecule has 1 amide bonds. The summed E-state index contributed by atoms with van der Waals surface area (Å²) >= 11 is 0. The average molecular weight is 327 g/mol. The Balaban J connectivity index is 1.49. The summed E-state index contributed by atoms with van der Waals surface area (Å²) in [5, 5.41) is 12.2. The molecule has 6 heteroatoms. The minimum Gasteiger partial charge on any atom is -0.444 e. The van der Waals surface area contributed by atoms with Crippen molar-refractivity contribution in [2.45, 2.75) is 25.6 Å². The Morgan fingerprint density at radius 2 is 1.96 bits per heavy atom. The molecule has 0 saturated carbocycles. The van der Waals surface area contributed by atoms with Crippen LogP contribution in [0.3, 0.4) is 0 Å². The van der Waals surface area contributed by atoms with Crippen molar-refractivity contribution < 1.29 is 14.6 Å². The summed E-state index contributed by atoms with van der Waals surface area (Å²) in [4.78, 5) is 18.3. The number of benzene rings is 1. The maximum absolute atomic E-state index is 11.8. The van der Waals surface area contributed by atoms with Gasteiger partial charge in [0, 0.05) is 13.1 Å². The lowest BCUT2D eigenvalue weighted by Gasteiger charge is -2.30. The van der Waals surface area contributed by atoms with Crippen molar-refractivity contribution in [1.29, 1.82) is 0 Å². The molecule has 0 radical (unpaired) electrons. The number of rotatable bonds is 4. The number of carbonyl (C=O) groups is 1. The molecule has 2 aromatic rings. The number of aliphatic hydroxyl groups excluding tert-OH is 1. The van der Waals surface area contributed by atoms with Crippen molar-refractivity contribution in [1.82, 2.24) is 4.98 Å². The summed E-state index contributed by atoms with van der Waals surface area (Å²) in [5.74, 6) is 0.852. The second-order valence-electron chi connectivity index (χ2n) is 5.81. The van der Waals surface area contributed by atoms with Gasteiger partial charge in [-0.1, -0.05) is 30.3 Å². The normalized spacial score (nSPS) is 15.1. The number of anilines is 2. The molecule has 1 aliphatic rings. The molecule has 1 aromatic heterocycles. The molecule has 126 valence electrons. The van der Waals surface area contributed by atoms with Crippen LogP contribution in [0.5, 0.6) is 0 Å². The lowest BCUT2D eigenvalue weighted by molar-refractivity contribution is 0.145. The van der Waals surface area contributed by atoms with Gasteiger partial charge in [0.05, 0.1) is 18.0 Å². The monoisotopic (exact) mass is 327 g/mol. The minimum absolute atomic E-state index is 0.207. The molecule has 0 unspecified atom stereocenters. The number of aliphatic hydroxyl groups is 1. The van der Waals surface area contributed by atoms with E-state index >= 15 is 0 Å². The number of hydrogen-bond donors (Lipinski definition) is 2. The molecule has 0 aliphatic carbocycles. The molecule has 0 bridgehead atoms. The highest BCUT2D eigenvalue weighted by molar-refractivity contribution is 5.84. The second-order valence-corrected chi connectivity index (χ2v) is 5.81. The first-order chi connectivity index (χ1) is 11.7. The van der Waals surface area contributed by atoms with Crippen LogP contribution < -0.4 is 10.2 Å². The fraction of sp³-hybridized carbons (Fsp3) is 0.333. The van der Waals surface area contributed by atoms with Crippen LogP contribution in [0.2, 0.25) is 0 Å². The summed E-state index contributed by atoms with van der Waals surface area (Å²) in [6, 6.07) is 13.2. The van der Waals surface area contributed by atoms with Crippen molar-refractivity contribution in [3.8, 4) is 0 Å². The summed E-state index contributed by atoms with van der Waals surface area (Å²) in [7, 11) is 0. The molecule has 6 nitrogen and oxygen atoms in total. The van der Waals surface area contributed by atoms with E-state index in [0.29, 0.717) is 5.69 Å². The first kappa shape index (κ1) is 16.3. The number of amides is 1. The number of carbonyl (C=O) groups excluding carboxylic acids is 1. The van der Waals surface area contributed by atoms with Gasteiger partial charge >= 0.3 is 6.09 Å². The number of ether oxygens (including phenoxy) is 1. The smallest absolute Gasteiger partial charge is 0.412 e. The first-order valence-electron chi connectivity index (χ1n) is 8.07. The molecule has 1 aliphatic heterocycles. The Bertz CT molecular complexity index is 653. The maximum Gasteiger partial charge on any atom is 0.412 e. The number of aromatic nitrogens is 1. The van der Waals surface area contributed by atoms with E-state index in [1.54, 1.807) is 12.3 Å². The molecule has 1 fully saturated rings. The lowest BCUT2D eigenvalue weighted by Crippen LogP contribution is -2.36. The first-order valence-corrected chi connectivity index (χ1v) is 8.07. The number of hydrogen-bond acceptors (Lipinski definition) is 5. The molecule has 1 saturated heterocycles. The van der Waals surface area contributed by atoms with Gasteiger partial charge in [0.25, 0.3) is 0 Å². The van der Waals surface area contributed by atoms with E-state index in [1.807, 2.05) is 36.4 Å². The topological polar surface area (TPSA) is 74.7 Å². The Morgan fingerprint density at radius 1 is 1.21 bits per heavy atom. The van der Waals surface area contributed by atoms with E-state index < -0.39 is 6.09 Å². The van der Waals surface area contributed by atoms with Crippen molar-refractivity contribution >= 4 is 17.6 Å². The van der Waals surface area contributed by atoms with Gasteiger partial charge in [0.1, 0.15) is 12.4 Å². The quantitative estimate of drug-likeness (QED) is 0.903. The summed E-state index contributed by atoms with van der Waals surface area (Å²) in [5.41, 5.74) is 1.53. The van der Waals surface area contributed by atoms with Crippen LogP contribution in [0.1, 0.15) is 18.4 Å². The van der Waals surface area contributed by atoms with Gasteiger partial charge in [-0.15, -0.1) is 0 Å². The molecule has 2 N–H and O–H groups in total. The van der Waals surface area contributed by atoms with E-state index in [1.165, 1.54) is 0 Å². The highest BCUT2D eigenvalue weighted by Crippen LogP contribution is 2.19. The van der Waals surface area contributed by atoms with Crippen molar-refractivity contribution in [3.63, 3.8) is 0 Å². The predicted octanol–water partition coefficient (Wildman–Crippen LogP) is 2.79. The largest absolute Gasteiger partial charge is 0.444 e. The van der Waals surface area contributed by atoms with Crippen LogP contribution in [0.25, 0.3) is 0 Å². The van der Waals surface area contributed by atoms with Crippen LogP contribution in [0.15, 0.2) is 48.7 Å². The van der Waals surface area contributed by atoms with E-state index in [0.717, 1.165) is 37.3 Å². The third kappa shape index (κ3) is 4.45. The lowest BCUT2D eigenvalue weighted by atomic mass is 10.1. The third-order valence-corrected chi connectivity index (χ3v) is 4.00. The number of piperidine rings is 1. The van der Waals surface area contributed by atoms with Crippen LogP contribution in [-0.4, -0.2) is 35.4 Å². The van der Waals surface area contributed by atoms with Gasteiger partial charge in [0.15, 0.2) is 0 Å². The standard InChI is InChI=1S/C18H21N3O3/c22-16-8-10-21(11-9-16)17-7-6-15(12-19-17)20-18(23)24-13-14-4-2-1-3-5-14/h1-7,12,16,22H,8-11,13H2,(H,20,23). The zero-order valence-corrected chi connectivity index (χ0v) is 13.4. The van der Waals surface area contributed by atoms with Crippen molar-refractivity contribution in [2.75, 3.05) is 23.3 Å². The molecular formula is C18H21N3O3. The molecule has 2 heterocycles. The molecular weight excluding hydrogens is 306 g/mol. The van der Waals surface area contributed by atoms with Crippen LogP contribution in [0, 0.1) is 0 Å². The predicted molar refractivity (Wildman–Crippen MR) is 91.9 cm³/mol. The van der Waals surface area contributed by atoms with E-state index in [4.69, 9.17) is 4.74 Å². The number of nitrogens with one attached hydrogen (secondary N) is 1.